The van der Waals surface area contributed by atoms with Crippen molar-refractivity contribution in [2.24, 2.45) is 0 Å². The average Bonchev–Trinajstić information content (AvgIpc) is 3.41. The third kappa shape index (κ3) is 3.76. The highest BCUT2D eigenvalue weighted by molar-refractivity contribution is 7.22. The second kappa shape index (κ2) is 7.93. The molecule has 1 aliphatic rings. The average molecular weight is 403 g/mol. The molecule has 1 amide bonds. The van der Waals surface area contributed by atoms with Crippen LogP contribution in [-0.4, -0.2) is 30.1 Å². The molecule has 29 heavy (non-hydrogen) atoms. The fourth-order valence-electron chi connectivity index (χ4n) is 3.96. The molecule has 1 aliphatic heterocycles. The number of rotatable bonds is 5. The minimum Gasteiger partial charge on any atom is -0.376 e. The molecular weight excluding hydrogens is 380 g/mol. The number of hydrogen-bond donors (Lipinski definition) is 0. The van der Waals surface area contributed by atoms with Crippen LogP contribution >= 0.6 is 11.3 Å². The number of para-hydroxylation sites is 1. The molecule has 1 aromatic heterocycles. The Morgan fingerprint density at radius 1 is 1.07 bits per heavy atom. The number of aromatic nitrogens is 1. The smallest absolute Gasteiger partial charge is 0.233 e. The number of anilines is 1. The number of fused-ring (bicyclic) bond motifs is 2. The number of benzene rings is 3. The molecule has 0 bridgehead atoms. The van der Waals surface area contributed by atoms with Crippen LogP contribution in [0.15, 0.2) is 66.7 Å². The highest BCUT2D eigenvalue weighted by Gasteiger charge is 2.26. The predicted octanol–water partition coefficient (Wildman–Crippen LogP) is 5.20. The number of hydrogen-bond acceptors (Lipinski definition) is 4. The lowest BCUT2D eigenvalue weighted by Gasteiger charge is -2.23. The first-order valence-electron chi connectivity index (χ1n) is 10.0. The first-order valence-corrected chi connectivity index (χ1v) is 10.8. The van der Waals surface area contributed by atoms with Crippen molar-refractivity contribution in [3.63, 3.8) is 0 Å². The molecule has 3 aromatic carbocycles. The summed E-state index contributed by atoms with van der Waals surface area (Å²) in [5, 5.41) is 3.04. The van der Waals surface area contributed by atoms with Gasteiger partial charge < -0.3 is 4.74 Å². The molecule has 0 radical (unpaired) electrons. The Balaban J connectivity index is 1.48. The molecular formula is C24H22N2O2S. The van der Waals surface area contributed by atoms with Crippen LogP contribution in [-0.2, 0) is 16.0 Å². The molecule has 2 heterocycles. The van der Waals surface area contributed by atoms with E-state index in [9.17, 15) is 4.79 Å². The highest BCUT2D eigenvalue weighted by Crippen LogP contribution is 2.30. The van der Waals surface area contributed by atoms with Gasteiger partial charge in [0.25, 0.3) is 0 Å². The Morgan fingerprint density at radius 3 is 2.76 bits per heavy atom. The van der Waals surface area contributed by atoms with Gasteiger partial charge in [-0.25, -0.2) is 4.98 Å². The van der Waals surface area contributed by atoms with Gasteiger partial charge in [-0.15, -0.1) is 0 Å². The molecule has 5 rings (SSSR count). The van der Waals surface area contributed by atoms with E-state index in [1.165, 1.54) is 0 Å². The van der Waals surface area contributed by atoms with Crippen molar-refractivity contribution in [2.45, 2.75) is 25.4 Å². The maximum atomic E-state index is 13.5. The van der Waals surface area contributed by atoms with Crippen molar-refractivity contribution in [3.8, 4) is 0 Å². The largest absolute Gasteiger partial charge is 0.376 e. The summed E-state index contributed by atoms with van der Waals surface area (Å²) in [5.41, 5.74) is 1.98. The SMILES string of the molecule is O=C(Cc1cccc2ccccc12)N(C[C@H]1CCCO1)c1nc2ccccc2s1. The van der Waals surface area contributed by atoms with Gasteiger partial charge in [-0.3, -0.25) is 9.69 Å². The third-order valence-electron chi connectivity index (χ3n) is 5.45. The van der Waals surface area contributed by atoms with Crippen LogP contribution in [0.2, 0.25) is 0 Å². The number of carbonyl (C=O) groups is 1. The van der Waals surface area contributed by atoms with Gasteiger partial charge in [0.05, 0.1) is 29.3 Å². The molecule has 0 N–H and O–H groups in total. The summed E-state index contributed by atoms with van der Waals surface area (Å²) in [5.74, 6) is 0.0657. The zero-order valence-electron chi connectivity index (χ0n) is 16.1. The quantitative estimate of drug-likeness (QED) is 0.460. The van der Waals surface area contributed by atoms with Gasteiger partial charge in [-0.2, -0.15) is 0 Å². The van der Waals surface area contributed by atoms with Crippen molar-refractivity contribution in [1.82, 2.24) is 4.98 Å². The Bertz CT molecular complexity index is 1130. The predicted molar refractivity (Wildman–Crippen MR) is 119 cm³/mol. The Kier molecular flexibility index (Phi) is 5.00. The van der Waals surface area contributed by atoms with Crippen molar-refractivity contribution in [1.29, 1.82) is 0 Å². The molecule has 1 fully saturated rings. The topological polar surface area (TPSA) is 42.4 Å². The molecule has 1 saturated heterocycles. The van der Waals surface area contributed by atoms with Crippen LogP contribution in [0.4, 0.5) is 5.13 Å². The van der Waals surface area contributed by atoms with Gasteiger partial charge in [0.15, 0.2) is 5.13 Å². The van der Waals surface area contributed by atoms with Crippen LogP contribution in [0, 0.1) is 0 Å². The molecule has 5 heteroatoms. The summed E-state index contributed by atoms with van der Waals surface area (Å²) in [4.78, 5) is 20.0. The highest BCUT2D eigenvalue weighted by atomic mass is 32.1. The van der Waals surface area contributed by atoms with Crippen LogP contribution in [0.3, 0.4) is 0 Å². The van der Waals surface area contributed by atoms with Gasteiger partial charge in [0, 0.05) is 6.61 Å². The zero-order chi connectivity index (χ0) is 19.6. The van der Waals surface area contributed by atoms with Crippen LogP contribution in [0.1, 0.15) is 18.4 Å². The van der Waals surface area contributed by atoms with E-state index in [0.717, 1.165) is 51.1 Å². The maximum absolute atomic E-state index is 13.5. The van der Waals surface area contributed by atoms with E-state index in [2.05, 4.69) is 24.3 Å². The number of ether oxygens (including phenoxy) is 1. The van der Waals surface area contributed by atoms with Gasteiger partial charge in [-0.1, -0.05) is 65.9 Å². The van der Waals surface area contributed by atoms with Gasteiger partial charge in [0.2, 0.25) is 5.91 Å². The van der Waals surface area contributed by atoms with E-state index in [4.69, 9.17) is 9.72 Å². The van der Waals surface area contributed by atoms with E-state index in [-0.39, 0.29) is 12.0 Å². The summed E-state index contributed by atoms with van der Waals surface area (Å²) in [7, 11) is 0. The molecule has 1 atom stereocenters. The third-order valence-corrected chi connectivity index (χ3v) is 6.51. The minimum atomic E-state index is 0.0657. The molecule has 146 valence electrons. The number of nitrogens with zero attached hydrogens (tertiary/aromatic N) is 2. The summed E-state index contributed by atoms with van der Waals surface area (Å²) in [6, 6.07) is 22.4. The van der Waals surface area contributed by atoms with Crippen LogP contribution in [0.25, 0.3) is 21.0 Å². The maximum Gasteiger partial charge on any atom is 0.233 e. The normalized spacial score (nSPS) is 16.5. The second-order valence-corrected chi connectivity index (χ2v) is 8.43. The monoisotopic (exact) mass is 402 g/mol. The molecule has 0 saturated carbocycles. The van der Waals surface area contributed by atoms with Crippen molar-refractivity contribution >= 4 is 43.4 Å². The lowest BCUT2D eigenvalue weighted by atomic mass is 10.0. The molecule has 0 unspecified atom stereocenters. The fraction of sp³-hybridized carbons (Fsp3) is 0.250. The fourth-order valence-corrected chi connectivity index (χ4v) is 4.95. The second-order valence-electron chi connectivity index (χ2n) is 7.42. The van der Waals surface area contributed by atoms with Gasteiger partial charge in [-0.05, 0) is 41.3 Å². The Morgan fingerprint density at radius 2 is 1.90 bits per heavy atom. The lowest BCUT2D eigenvalue weighted by Crippen LogP contribution is -2.38. The van der Waals surface area contributed by atoms with E-state index in [1.807, 2.05) is 47.4 Å². The first kappa shape index (κ1) is 18.3. The van der Waals surface area contributed by atoms with Crippen molar-refractivity contribution in [3.05, 3.63) is 72.3 Å². The Hall–Kier alpha value is -2.76. The zero-order valence-corrected chi connectivity index (χ0v) is 16.9. The minimum absolute atomic E-state index is 0.0657. The van der Waals surface area contributed by atoms with E-state index < -0.39 is 0 Å². The molecule has 4 nitrogen and oxygen atoms in total. The first-order chi connectivity index (χ1) is 14.3. The standard InChI is InChI=1S/C24H22N2O2S/c27-23(15-18-9-5-8-17-7-1-2-11-20(17)18)26(16-19-10-6-14-28-19)24-25-21-12-3-4-13-22(21)29-24/h1-5,7-9,11-13,19H,6,10,14-16H2/t19-/m1/s1. The van der Waals surface area contributed by atoms with Gasteiger partial charge in [0.1, 0.15) is 0 Å². The summed E-state index contributed by atoms with van der Waals surface area (Å²) >= 11 is 1.57. The van der Waals surface area contributed by atoms with E-state index in [0.29, 0.717) is 13.0 Å². The lowest BCUT2D eigenvalue weighted by molar-refractivity contribution is -0.118. The molecule has 0 aliphatic carbocycles. The molecule has 4 aromatic rings. The van der Waals surface area contributed by atoms with E-state index in [1.54, 1.807) is 11.3 Å². The summed E-state index contributed by atoms with van der Waals surface area (Å²) in [6.07, 6.45) is 2.47. The number of amides is 1. The summed E-state index contributed by atoms with van der Waals surface area (Å²) < 4.78 is 6.93. The van der Waals surface area contributed by atoms with Crippen LogP contribution in [0.5, 0.6) is 0 Å². The molecule has 0 spiro atoms. The van der Waals surface area contributed by atoms with Crippen molar-refractivity contribution < 1.29 is 9.53 Å². The van der Waals surface area contributed by atoms with Crippen molar-refractivity contribution in [2.75, 3.05) is 18.1 Å². The summed E-state index contributed by atoms with van der Waals surface area (Å²) in [6.45, 7) is 1.33. The van der Waals surface area contributed by atoms with Crippen LogP contribution < -0.4 is 4.90 Å². The Labute approximate surface area is 173 Å². The van der Waals surface area contributed by atoms with E-state index >= 15 is 0 Å². The van der Waals surface area contributed by atoms with Gasteiger partial charge >= 0.3 is 0 Å². The number of thiazole rings is 1. The number of carbonyl (C=O) groups excluding carboxylic acids is 1.